The van der Waals surface area contributed by atoms with Crippen LogP contribution in [-0.2, 0) is 17.9 Å². The number of hydrogen-bond donors (Lipinski definition) is 1. The highest BCUT2D eigenvalue weighted by molar-refractivity contribution is 5.87. The van der Waals surface area contributed by atoms with Crippen molar-refractivity contribution in [3.05, 3.63) is 47.9 Å². The molecule has 0 fully saturated rings. The average molecular weight is 348 g/mol. The molecule has 0 bridgehead atoms. The second-order valence-electron chi connectivity index (χ2n) is 6.18. The molecule has 1 unspecified atom stereocenters. The first-order chi connectivity index (χ1) is 12.7. The van der Waals surface area contributed by atoms with Crippen LogP contribution in [0.3, 0.4) is 0 Å². The molecule has 1 aromatic carbocycles. The third kappa shape index (κ3) is 2.63. The van der Waals surface area contributed by atoms with Crippen molar-refractivity contribution in [3.8, 4) is 6.07 Å². The van der Waals surface area contributed by atoms with Gasteiger partial charge in [-0.2, -0.15) is 10.4 Å². The Morgan fingerprint density at radius 1 is 1.35 bits per heavy atom. The van der Waals surface area contributed by atoms with Gasteiger partial charge in [0.05, 0.1) is 36.5 Å². The lowest BCUT2D eigenvalue weighted by molar-refractivity contribution is -0.138. The summed E-state index contributed by atoms with van der Waals surface area (Å²) >= 11 is 0. The van der Waals surface area contributed by atoms with Crippen molar-refractivity contribution in [1.82, 2.24) is 19.7 Å². The molecule has 0 saturated carbocycles. The number of hydrogen-bond acceptors (Lipinski definition) is 6. The van der Waals surface area contributed by atoms with Gasteiger partial charge in [0.15, 0.2) is 5.65 Å². The van der Waals surface area contributed by atoms with E-state index in [-0.39, 0.29) is 0 Å². The van der Waals surface area contributed by atoms with Crippen molar-refractivity contribution in [2.24, 2.45) is 0 Å². The van der Waals surface area contributed by atoms with Gasteiger partial charge in [0.25, 0.3) is 0 Å². The van der Waals surface area contributed by atoms with Crippen molar-refractivity contribution < 1.29 is 9.90 Å². The number of aryl methyl sites for hydroxylation is 1. The van der Waals surface area contributed by atoms with Gasteiger partial charge in [0.1, 0.15) is 12.1 Å². The van der Waals surface area contributed by atoms with Crippen LogP contribution in [0, 0.1) is 11.3 Å². The maximum absolute atomic E-state index is 11.8. The van der Waals surface area contributed by atoms with Crippen LogP contribution >= 0.6 is 0 Å². The van der Waals surface area contributed by atoms with Crippen molar-refractivity contribution in [3.63, 3.8) is 0 Å². The summed E-state index contributed by atoms with van der Waals surface area (Å²) in [6.45, 7) is 1.37. The van der Waals surface area contributed by atoms with E-state index in [1.54, 1.807) is 10.9 Å². The van der Waals surface area contributed by atoms with Crippen LogP contribution in [0.25, 0.3) is 11.0 Å². The molecule has 1 aliphatic heterocycles. The minimum Gasteiger partial charge on any atom is -0.481 e. The Hall–Kier alpha value is -3.47. The van der Waals surface area contributed by atoms with Crippen molar-refractivity contribution in [2.75, 3.05) is 11.4 Å². The van der Waals surface area contributed by atoms with E-state index in [2.05, 4.69) is 21.1 Å². The smallest absolute Gasteiger partial charge is 0.312 e. The number of aliphatic carboxylic acids is 1. The topological polar surface area (TPSA) is 108 Å². The molecular formula is C18H16N6O2. The molecule has 2 aromatic heterocycles. The summed E-state index contributed by atoms with van der Waals surface area (Å²) in [5.41, 5.74) is 2.48. The highest BCUT2D eigenvalue weighted by Crippen LogP contribution is 2.33. The quantitative estimate of drug-likeness (QED) is 0.767. The number of fused-ring (bicyclic) bond motifs is 2. The van der Waals surface area contributed by atoms with E-state index < -0.39 is 11.9 Å². The molecule has 8 heteroatoms. The maximum Gasteiger partial charge on any atom is 0.312 e. The Kier molecular flexibility index (Phi) is 3.97. The minimum atomic E-state index is -0.850. The molecule has 3 heterocycles. The van der Waals surface area contributed by atoms with Crippen molar-refractivity contribution >= 4 is 22.8 Å². The van der Waals surface area contributed by atoms with Crippen LogP contribution in [0.4, 0.5) is 5.82 Å². The molecular weight excluding hydrogens is 332 g/mol. The summed E-state index contributed by atoms with van der Waals surface area (Å²) in [5, 5.41) is 23.5. The van der Waals surface area contributed by atoms with Gasteiger partial charge in [-0.05, 0) is 11.1 Å². The molecule has 3 aromatic rings. The first-order valence-electron chi connectivity index (χ1n) is 8.28. The first-order valence-corrected chi connectivity index (χ1v) is 8.28. The Labute approximate surface area is 149 Å². The van der Waals surface area contributed by atoms with Crippen LogP contribution in [0.15, 0.2) is 36.8 Å². The summed E-state index contributed by atoms with van der Waals surface area (Å²) in [6, 6.07) is 9.71. The van der Waals surface area contributed by atoms with E-state index in [4.69, 9.17) is 5.26 Å². The van der Waals surface area contributed by atoms with Gasteiger partial charge in [-0.25, -0.2) is 14.6 Å². The van der Waals surface area contributed by atoms with Crippen LogP contribution in [0.5, 0.6) is 0 Å². The molecule has 26 heavy (non-hydrogen) atoms. The molecule has 0 amide bonds. The Bertz CT molecular complexity index is 1020. The number of carbonyl (C=O) groups is 1. The highest BCUT2D eigenvalue weighted by atomic mass is 16.4. The first kappa shape index (κ1) is 16.0. The van der Waals surface area contributed by atoms with Crippen LogP contribution in [0.1, 0.15) is 23.5 Å². The zero-order chi connectivity index (χ0) is 18.1. The number of nitrogens with zero attached hydrogens (tertiary/aromatic N) is 6. The SMILES string of the molecule is N#CCCn1ncc2c(N3Cc4ccccc4C(C(=O)O)C3)ncnc21. The van der Waals surface area contributed by atoms with E-state index in [1.807, 2.05) is 29.2 Å². The molecule has 8 nitrogen and oxygen atoms in total. The molecule has 130 valence electrons. The Morgan fingerprint density at radius 3 is 3.00 bits per heavy atom. The van der Waals surface area contributed by atoms with Gasteiger partial charge in [-0.3, -0.25) is 4.79 Å². The third-order valence-corrected chi connectivity index (χ3v) is 4.64. The van der Waals surface area contributed by atoms with E-state index in [9.17, 15) is 9.90 Å². The largest absolute Gasteiger partial charge is 0.481 e. The molecule has 1 aliphatic rings. The summed E-state index contributed by atoms with van der Waals surface area (Å²) in [5.74, 6) is -0.797. The summed E-state index contributed by atoms with van der Waals surface area (Å²) in [4.78, 5) is 22.4. The molecule has 4 rings (SSSR count). The van der Waals surface area contributed by atoms with E-state index >= 15 is 0 Å². The van der Waals surface area contributed by atoms with Gasteiger partial charge in [-0.1, -0.05) is 24.3 Å². The van der Waals surface area contributed by atoms with Gasteiger partial charge < -0.3 is 10.0 Å². The Balaban J connectivity index is 1.75. The van der Waals surface area contributed by atoms with Gasteiger partial charge >= 0.3 is 5.97 Å². The van der Waals surface area contributed by atoms with Crippen LogP contribution < -0.4 is 4.90 Å². The number of carboxylic acid groups (broad SMARTS) is 1. The second-order valence-corrected chi connectivity index (χ2v) is 6.18. The summed E-state index contributed by atoms with van der Waals surface area (Å²) in [7, 11) is 0. The van der Waals surface area contributed by atoms with Gasteiger partial charge in [-0.15, -0.1) is 0 Å². The lowest BCUT2D eigenvalue weighted by Crippen LogP contribution is -2.37. The fraction of sp³-hybridized carbons (Fsp3) is 0.278. The lowest BCUT2D eigenvalue weighted by atomic mass is 9.90. The number of aromatic nitrogens is 4. The maximum atomic E-state index is 11.8. The number of anilines is 1. The lowest BCUT2D eigenvalue weighted by Gasteiger charge is -2.33. The predicted octanol–water partition coefficient (Wildman–Crippen LogP) is 1.93. The zero-order valence-electron chi connectivity index (χ0n) is 13.9. The molecule has 1 atom stereocenters. The predicted molar refractivity (Wildman–Crippen MR) is 93.4 cm³/mol. The summed E-state index contributed by atoms with van der Waals surface area (Å²) in [6.07, 6.45) is 3.48. The van der Waals surface area contributed by atoms with E-state index in [0.717, 1.165) is 16.5 Å². The van der Waals surface area contributed by atoms with Crippen molar-refractivity contribution in [1.29, 1.82) is 5.26 Å². The molecule has 0 spiro atoms. The summed E-state index contributed by atoms with van der Waals surface area (Å²) < 4.78 is 1.68. The fourth-order valence-corrected chi connectivity index (χ4v) is 3.43. The highest BCUT2D eigenvalue weighted by Gasteiger charge is 2.31. The number of benzene rings is 1. The number of carboxylic acids is 1. The van der Waals surface area contributed by atoms with Gasteiger partial charge in [0, 0.05) is 13.1 Å². The van der Waals surface area contributed by atoms with Crippen LogP contribution in [-0.4, -0.2) is 37.4 Å². The zero-order valence-corrected chi connectivity index (χ0v) is 13.9. The standard InChI is InChI=1S/C18H16N6O2/c19-6-3-7-24-17-14(8-22-24)16(20-11-21-17)23-9-12-4-1-2-5-13(12)15(10-23)18(25)26/h1-2,4-5,8,11,15H,3,7,9-10H2,(H,25,26). The Morgan fingerprint density at radius 2 is 2.19 bits per heavy atom. The monoisotopic (exact) mass is 348 g/mol. The third-order valence-electron chi connectivity index (χ3n) is 4.64. The van der Waals surface area contributed by atoms with Crippen LogP contribution in [0.2, 0.25) is 0 Å². The van der Waals surface area contributed by atoms with Crippen molar-refractivity contribution in [2.45, 2.75) is 25.4 Å². The van der Waals surface area contributed by atoms with Gasteiger partial charge in [0.2, 0.25) is 0 Å². The number of nitriles is 1. The van der Waals surface area contributed by atoms with E-state index in [1.165, 1.54) is 6.33 Å². The van der Waals surface area contributed by atoms with E-state index in [0.29, 0.717) is 37.5 Å². The molecule has 0 saturated heterocycles. The average Bonchev–Trinajstić information content (AvgIpc) is 3.08. The fourth-order valence-electron chi connectivity index (χ4n) is 3.43. The molecule has 1 N–H and O–H groups in total. The minimum absolute atomic E-state index is 0.335. The number of rotatable bonds is 4. The molecule has 0 aliphatic carbocycles. The second kappa shape index (κ2) is 6.44. The normalized spacial score (nSPS) is 16.3. The molecule has 0 radical (unpaired) electrons.